The van der Waals surface area contributed by atoms with Gasteiger partial charge in [0.1, 0.15) is 11.8 Å². The average Bonchev–Trinajstić information content (AvgIpc) is 2.79. The number of guanidine groups is 1. The second kappa shape index (κ2) is 11.6. The molecule has 35 heavy (non-hydrogen) atoms. The molecule has 2 amide bonds. The fourth-order valence-corrected chi connectivity index (χ4v) is 5.73. The number of carbonyl (C=O) groups excluding carboxylic acids is 1. The van der Waals surface area contributed by atoms with Crippen LogP contribution in [0.4, 0.5) is 4.79 Å². The minimum absolute atomic E-state index is 0.0236. The molecule has 0 saturated carbocycles. The number of methoxy groups -OCH3 is 1. The fraction of sp³-hybridized carbons (Fsp3) is 0.591. The highest BCUT2D eigenvalue weighted by Gasteiger charge is 2.31. The average molecular weight is 514 g/mol. The van der Waals surface area contributed by atoms with Crippen molar-refractivity contribution in [2.45, 2.75) is 51.0 Å². The van der Waals surface area contributed by atoms with Crippen molar-refractivity contribution in [3.8, 4) is 5.75 Å². The van der Waals surface area contributed by atoms with Gasteiger partial charge in [0, 0.05) is 20.1 Å². The first kappa shape index (κ1) is 28.2. The number of amides is 2. The third-order valence-electron chi connectivity index (χ3n) is 6.36. The van der Waals surface area contributed by atoms with Gasteiger partial charge in [-0.1, -0.05) is 0 Å². The van der Waals surface area contributed by atoms with Crippen molar-refractivity contribution in [3.63, 3.8) is 0 Å². The maximum absolute atomic E-state index is 13.1. The molecule has 1 aromatic carbocycles. The number of likely N-dealkylation sites (N-methyl/N-ethyl adjacent to an activating group) is 1. The molecule has 0 radical (unpaired) electrons. The molecule has 12 nitrogen and oxygen atoms in total. The summed E-state index contributed by atoms with van der Waals surface area (Å²) in [4.78, 5) is 30.2. The maximum atomic E-state index is 13.1. The van der Waals surface area contributed by atoms with Crippen molar-refractivity contribution < 1.29 is 32.7 Å². The first-order valence-corrected chi connectivity index (χ1v) is 12.6. The molecule has 0 aliphatic carbocycles. The Morgan fingerprint density at radius 2 is 1.86 bits per heavy atom. The van der Waals surface area contributed by atoms with Gasteiger partial charge in [-0.2, -0.15) is 8.42 Å². The standard InChI is InChI=1S/C22H35N5O7S/c1-13-11-18(33-5)14(2)15(3)19(13)35(31,32)25-21(23)27-9-7-16(8-10-27)12-17(24-22(29)30)20(28)26(4)34-6/h11,16-17,24H,7-10,12H2,1-6H3,(H2,23,25)(H,29,30)/t17-/m0/s1. The largest absolute Gasteiger partial charge is 0.496 e. The first-order chi connectivity index (χ1) is 16.3. The van der Waals surface area contributed by atoms with Crippen LogP contribution in [0.1, 0.15) is 36.0 Å². The summed E-state index contributed by atoms with van der Waals surface area (Å²) in [6, 6.07) is 0.709. The number of hydroxylamine groups is 2. The summed E-state index contributed by atoms with van der Waals surface area (Å²) >= 11 is 0. The van der Waals surface area contributed by atoms with E-state index in [1.807, 2.05) is 0 Å². The number of nitrogens with two attached hydrogens (primary N) is 1. The van der Waals surface area contributed by atoms with Crippen molar-refractivity contribution in [1.82, 2.24) is 15.3 Å². The van der Waals surface area contributed by atoms with E-state index >= 15 is 0 Å². The lowest BCUT2D eigenvalue weighted by atomic mass is 9.90. The molecular weight excluding hydrogens is 478 g/mol. The van der Waals surface area contributed by atoms with Gasteiger partial charge in [-0.05, 0) is 68.7 Å². The summed E-state index contributed by atoms with van der Waals surface area (Å²) in [5, 5.41) is 12.3. The van der Waals surface area contributed by atoms with Crippen molar-refractivity contribution in [3.05, 3.63) is 22.8 Å². The maximum Gasteiger partial charge on any atom is 0.405 e. The summed E-state index contributed by atoms with van der Waals surface area (Å²) in [5.74, 6) is 0.0235. The second-order valence-corrected chi connectivity index (χ2v) is 10.1. The first-order valence-electron chi connectivity index (χ1n) is 11.1. The van der Waals surface area contributed by atoms with Crippen LogP contribution in [0.15, 0.2) is 15.4 Å². The second-order valence-electron chi connectivity index (χ2n) is 8.59. The molecule has 1 fully saturated rings. The van der Waals surface area contributed by atoms with Gasteiger partial charge >= 0.3 is 6.09 Å². The van der Waals surface area contributed by atoms with Gasteiger partial charge in [0.25, 0.3) is 15.9 Å². The van der Waals surface area contributed by atoms with Crippen LogP contribution < -0.4 is 15.8 Å². The van der Waals surface area contributed by atoms with E-state index in [0.29, 0.717) is 48.4 Å². The summed E-state index contributed by atoms with van der Waals surface area (Å²) < 4.78 is 35.4. The Morgan fingerprint density at radius 3 is 2.37 bits per heavy atom. The number of carbonyl (C=O) groups is 2. The van der Waals surface area contributed by atoms with Gasteiger partial charge in [0.15, 0.2) is 0 Å². The minimum Gasteiger partial charge on any atom is -0.496 e. The molecule has 1 aromatic rings. The van der Waals surface area contributed by atoms with Gasteiger partial charge in [0.2, 0.25) is 5.96 Å². The molecule has 13 heteroatoms. The summed E-state index contributed by atoms with van der Waals surface area (Å²) in [5.41, 5.74) is 7.87. The third-order valence-corrected chi connectivity index (χ3v) is 7.93. The van der Waals surface area contributed by atoms with Gasteiger partial charge < -0.3 is 25.8 Å². The highest BCUT2D eigenvalue weighted by Crippen LogP contribution is 2.31. The molecule has 0 bridgehead atoms. The Labute approximate surface area is 206 Å². The van der Waals surface area contributed by atoms with Crippen LogP contribution >= 0.6 is 0 Å². The molecule has 4 N–H and O–H groups in total. The molecule has 2 rings (SSSR count). The molecule has 0 unspecified atom stereocenters. The summed E-state index contributed by atoms with van der Waals surface area (Å²) in [6.45, 7) is 6.01. The Bertz CT molecular complexity index is 1080. The number of sulfonamides is 1. The van der Waals surface area contributed by atoms with Crippen molar-refractivity contribution in [1.29, 1.82) is 0 Å². The smallest absolute Gasteiger partial charge is 0.405 e. The Morgan fingerprint density at radius 1 is 1.26 bits per heavy atom. The number of ether oxygens (including phenoxy) is 1. The van der Waals surface area contributed by atoms with E-state index in [4.69, 9.17) is 20.4 Å². The zero-order valence-electron chi connectivity index (χ0n) is 21.0. The number of hydrogen-bond donors (Lipinski definition) is 3. The van der Waals surface area contributed by atoms with Crippen molar-refractivity contribution in [2.75, 3.05) is 34.4 Å². The van der Waals surface area contributed by atoms with E-state index in [1.165, 1.54) is 21.3 Å². The van der Waals surface area contributed by atoms with Crippen LogP contribution in [0.25, 0.3) is 0 Å². The number of aryl methyl sites for hydroxylation is 1. The van der Waals surface area contributed by atoms with Gasteiger partial charge in [0.05, 0.1) is 19.1 Å². The van der Waals surface area contributed by atoms with E-state index in [9.17, 15) is 18.0 Å². The number of nitrogens with one attached hydrogen (secondary N) is 1. The molecule has 1 aliphatic heterocycles. The van der Waals surface area contributed by atoms with Crippen LogP contribution in [-0.2, 0) is 19.7 Å². The van der Waals surface area contributed by atoms with Crippen molar-refractivity contribution >= 4 is 28.0 Å². The number of piperidine rings is 1. The fourth-order valence-electron chi connectivity index (χ4n) is 4.27. The monoisotopic (exact) mass is 513 g/mol. The lowest BCUT2D eigenvalue weighted by molar-refractivity contribution is -0.171. The van der Waals surface area contributed by atoms with E-state index in [0.717, 1.165) is 5.06 Å². The molecule has 0 spiro atoms. The highest BCUT2D eigenvalue weighted by atomic mass is 32.2. The van der Waals surface area contributed by atoms with Crippen LogP contribution in [0.3, 0.4) is 0 Å². The number of nitrogens with zero attached hydrogens (tertiary/aromatic N) is 3. The summed E-state index contributed by atoms with van der Waals surface area (Å²) in [7, 11) is 0.197. The van der Waals surface area contributed by atoms with Gasteiger partial charge in [-0.15, -0.1) is 4.40 Å². The quantitative estimate of drug-likeness (QED) is 0.265. The summed E-state index contributed by atoms with van der Waals surface area (Å²) in [6.07, 6.45) is 0.146. The lowest BCUT2D eigenvalue weighted by Gasteiger charge is -2.34. The van der Waals surface area contributed by atoms with Crippen LogP contribution in [0.2, 0.25) is 0 Å². The van der Waals surface area contributed by atoms with E-state index in [1.54, 1.807) is 31.7 Å². The Balaban J connectivity index is 2.13. The van der Waals surface area contributed by atoms with Crippen LogP contribution in [0.5, 0.6) is 5.75 Å². The number of carboxylic acid groups (broad SMARTS) is 1. The van der Waals surface area contributed by atoms with E-state index in [-0.39, 0.29) is 23.2 Å². The Hall–Kier alpha value is -3.06. The molecule has 1 saturated heterocycles. The highest BCUT2D eigenvalue weighted by molar-refractivity contribution is 7.90. The molecule has 196 valence electrons. The van der Waals surface area contributed by atoms with Gasteiger partial charge in [-0.25, -0.2) is 9.86 Å². The predicted octanol–water partition coefficient (Wildman–Crippen LogP) is 1.38. The van der Waals surface area contributed by atoms with Gasteiger partial charge in [-0.3, -0.25) is 9.63 Å². The number of hydrogen-bond acceptors (Lipinski definition) is 6. The van der Waals surface area contributed by atoms with E-state index < -0.39 is 28.1 Å². The molecule has 1 aliphatic rings. The molecule has 1 atom stereocenters. The number of likely N-dealkylation sites (tertiary alicyclic amines) is 1. The SMILES string of the molecule is COc1cc(C)c(S(=O)(=O)/N=C(\N)N2CCC(C[C@H](NC(=O)O)C(=O)N(C)OC)CC2)c(C)c1C. The topological polar surface area (TPSA) is 164 Å². The molecule has 0 aromatic heterocycles. The van der Waals surface area contributed by atoms with E-state index in [2.05, 4.69) is 9.71 Å². The van der Waals surface area contributed by atoms with Crippen LogP contribution in [-0.4, -0.2) is 81.8 Å². The zero-order chi connectivity index (χ0) is 26.5. The number of rotatable bonds is 8. The lowest BCUT2D eigenvalue weighted by Crippen LogP contribution is -2.49. The molecular formula is C22H35N5O7S. The number of benzene rings is 1. The zero-order valence-corrected chi connectivity index (χ0v) is 21.8. The minimum atomic E-state index is -4.06. The van der Waals surface area contributed by atoms with Crippen LogP contribution in [0, 0.1) is 26.7 Å². The Kier molecular flexibility index (Phi) is 9.32. The normalized spacial score (nSPS) is 16.1. The molecule has 1 heterocycles. The third kappa shape index (κ3) is 6.75. The van der Waals surface area contributed by atoms with Crippen molar-refractivity contribution in [2.24, 2.45) is 16.0 Å². The predicted molar refractivity (Wildman–Crippen MR) is 130 cm³/mol.